The van der Waals surface area contributed by atoms with Gasteiger partial charge >= 0.3 is 0 Å². The highest BCUT2D eigenvalue weighted by Gasteiger charge is 2.25. The second-order valence-electron chi connectivity index (χ2n) is 9.16. The molecule has 0 spiro atoms. The molecule has 0 bridgehead atoms. The van der Waals surface area contributed by atoms with E-state index in [0.29, 0.717) is 56.2 Å². The largest absolute Gasteiger partial charge is 0.454 e. The first-order chi connectivity index (χ1) is 18.9. The van der Waals surface area contributed by atoms with Crippen molar-refractivity contribution in [2.45, 2.75) is 37.2 Å². The molecular weight excluding hydrogens is 542 g/mol. The minimum atomic E-state index is -0.522. The summed E-state index contributed by atoms with van der Waals surface area (Å²) >= 11 is 7.48. The highest BCUT2D eigenvalue weighted by molar-refractivity contribution is 8.00. The van der Waals surface area contributed by atoms with Crippen molar-refractivity contribution in [1.82, 2.24) is 9.55 Å². The molecule has 0 unspecified atom stereocenters. The van der Waals surface area contributed by atoms with Crippen LogP contribution in [0.2, 0.25) is 5.02 Å². The fourth-order valence-corrected chi connectivity index (χ4v) is 5.58. The molecule has 2 aliphatic rings. The molecule has 9 nitrogen and oxygen atoms in total. The number of fused-ring (bicyclic) bond motifs is 3. The maximum atomic E-state index is 13.8. The number of ether oxygens (including phenoxy) is 4. The van der Waals surface area contributed by atoms with Gasteiger partial charge in [-0.15, -0.1) is 0 Å². The van der Waals surface area contributed by atoms with E-state index in [0.717, 1.165) is 11.1 Å². The summed E-state index contributed by atoms with van der Waals surface area (Å²) in [5.41, 5.74) is 2.57. The highest BCUT2D eigenvalue weighted by atomic mass is 35.5. The minimum Gasteiger partial charge on any atom is -0.454 e. The first kappa shape index (κ1) is 25.4. The lowest BCUT2D eigenvalue weighted by molar-refractivity contribution is -0.115. The molecule has 3 aromatic carbocycles. The summed E-state index contributed by atoms with van der Waals surface area (Å²) in [6, 6.07) is 14.3. The van der Waals surface area contributed by atoms with Gasteiger partial charge in [0.05, 0.1) is 22.7 Å². The molecule has 1 N–H and O–H groups in total. The van der Waals surface area contributed by atoms with Crippen molar-refractivity contribution < 1.29 is 23.7 Å². The number of nitrogens with zero attached hydrogens (tertiary/aromatic N) is 2. The predicted molar refractivity (Wildman–Crippen MR) is 149 cm³/mol. The van der Waals surface area contributed by atoms with Gasteiger partial charge in [-0.05, 0) is 54.8 Å². The monoisotopic (exact) mass is 565 g/mol. The summed E-state index contributed by atoms with van der Waals surface area (Å²) in [7, 11) is 0. The van der Waals surface area contributed by atoms with Gasteiger partial charge in [0.2, 0.25) is 19.5 Å². The van der Waals surface area contributed by atoms with Gasteiger partial charge in [0.25, 0.3) is 5.56 Å². The SMILES string of the molecule is CC[C@@H](Sc1nc2cc3c(cc2c(=O)n1Cc1ccc2c(c1)OCO2)OCO3)C(=O)Nc1ccc(C)c(Cl)c1. The van der Waals surface area contributed by atoms with Gasteiger partial charge in [-0.3, -0.25) is 14.2 Å². The van der Waals surface area contributed by atoms with Crippen molar-refractivity contribution in [3.8, 4) is 23.0 Å². The van der Waals surface area contributed by atoms with Crippen LogP contribution < -0.4 is 29.8 Å². The van der Waals surface area contributed by atoms with Crippen molar-refractivity contribution in [1.29, 1.82) is 0 Å². The molecule has 1 atom stereocenters. The zero-order valence-electron chi connectivity index (χ0n) is 21.2. The second kappa shape index (κ2) is 10.3. The summed E-state index contributed by atoms with van der Waals surface area (Å²) in [6.07, 6.45) is 0.509. The molecule has 4 aromatic rings. The van der Waals surface area contributed by atoms with Crippen LogP contribution in [0.25, 0.3) is 10.9 Å². The van der Waals surface area contributed by atoms with Crippen LogP contribution in [0.3, 0.4) is 0 Å². The van der Waals surface area contributed by atoms with Crippen LogP contribution >= 0.6 is 23.4 Å². The molecule has 11 heteroatoms. The maximum absolute atomic E-state index is 13.8. The average Bonchev–Trinajstić information content (AvgIpc) is 3.59. The Morgan fingerprint density at radius 3 is 2.49 bits per heavy atom. The van der Waals surface area contributed by atoms with Crippen LogP contribution in [0.1, 0.15) is 24.5 Å². The molecule has 39 heavy (non-hydrogen) atoms. The van der Waals surface area contributed by atoms with E-state index < -0.39 is 5.25 Å². The van der Waals surface area contributed by atoms with Crippen LogP contribution in [0.4, 0.5) is 5.69 Å². The summed E-state index contributed by atoms with van der Waals surface area (Å²) in [5.74, 6) is 2.09. The van der Waals surface area contributed by atoms with E-state index in [1.807, 2.05) is 44.2 Å². The molecule has 2 aliphatic heterocycles. The van der Waals surface area contributed by atoms with Gasteiger partial charge in [-0.2, -0.15) is 0 Å². The Morgan fingerprint density at radius 2 is 1.74 bits per heavy atom. The van der Waals surface area contributed by atoms with Gasteiger partial charge in [-0.1, -0.05) is 42.4 Å². The first-order valence-electron chi connectivity index (χ1n) is 12.4. The maximum Gasteiger partial charge on any atom is 0.262 e. The van der Waals surface area contributed by atoms with E-state index in [9.17, 15) is 9.59 Å². The Morgan fingerprint density at radius 1 is 1.03 bits per heavy atom. The van der Waals surface area contributed by atoms with Gasteiger partial charge in [0.1, 0.15) is 0 Å². The number of benzene rings is 3. The van der Waals surface area contributed by atoms with E-state index in [-0.39, 0.29) is 31.6 Å². The van der Waals surface area contributed by atoms with E-state index in [1.165, 1.54) is 11.8 Å². The fourth-order valence-electron chi connectivity index (χ4n) is 4.38. The topological polar surface area (TPSA) is 101 Å². The Labute approximate surface area is 233 Å². The molecule has 0 saturated heterocycles. The lowest BCUT2D eigenvalue weighted by Crippen LogP contribution is -2.28. The quantitative estimate of drug-likeness (QED) is 0.236. The molecule has 0 aliphatic carbocycles. The third kappa shape index (κ3) is 4.97. The van der Waals surface area contributed by atoms with E-state index >= 15 is 0 Å². The summed E-state index contributed by atoms with van der Waals surface area (Å²) in [4.78, 5) is 31.9. The molecule has 1 amide bonds. The van der Waals surface area contributed by atoms with E-state index in [2.05, 4.69) is 5.32 Å². The summed E-state index contributed by atoms with van der Waals surface area (Å²) < 4.78 is 23.5. The van der Waals surface area contributed by atoms with Crippen LogP contribution in [-0.2, 0) is 11.3 Å². The Balaban J connectivity index is 1.37. The minimum absolute atomic E-state index is 0.0831. The lowest BCUT2D eigenvalue weighted by atomic mass is 10.2. The molecule has 200 valence electrons. The molecular formula is C28H24ClN3O6S. The number of anilines is 1. The Hall–Kier alpha value is -3.89. The van der Waals surface area contributed by atoms with Crippen LogP contribution in [0.5, 0.6) is 23.0 Å². The number of aryl methyl sites for hydroxylation is 1. The molecule has 0 fully saturated rings. The fraction of sp³-hybridized carbons (Fsp3) is 0.250. The third-order valence-electron chi connectivity index (χ3n) is 6.54. The summed E-state index contributed by atoms with van der Waals surface area (Å²) in [5, 5.41) is 3.80. The normalized spacial score (nSPS) is 14.0. The highest BCUT2D eigenvalue weighted by Crippen LogP contribution is 2.36. The number of nitrogens with one attached hydrogen (secondary N) is 1. The number of amides is 1. The van der Waals surface area contributed by atoms with Crippen LogP contribution in [0, 0.1) is 6.92 Å². The van der Waals surface area contributed by atoms with E-state index in [4.69, 9.17) is 35.5 Å². The number of hydrogen-bond donors (Lipinski definition) is 1. The van der Waals surface area contributed by atoms with Crippen molar-refractivity contribution in [2.24, 2.45) is 0 Å². The number of thioether (sulfide) groups is 1. The molecule has 6 rings (SSSR count). The van der Waals surface area contributed by atoms with Gasteiger partial charge in [0, 0.05) is 16.8 Å². The molecule has 1 aromatic heterocycles. The average molecular weight is 566 g/mol. The van der Waals surface area contributed by atoms with Gasteiger partial charge in [-0.25, -0.2) is 4.98 Å². The van der Waals surface area contributed by atoms with Crippen molar-refractivity contribution >= 4 is 45.9 Å². The van der Waals surface area contributed by atoms with Gasteiger partial charge < -0.3 is 24.3 Å². The van der Waals surface area contributed by atoms with Crippen molar-refractivity contribution in [2.75, 3.05) is 18.9 Å². The van der Waals surface area contributed by atoms with Crippen molar-refractivity contribution in [3.63, 3.8) is 0 Å². The Kier molecular flexibility index (Phi) is 6.74. The van der Waals surface area contributed by atoms with E-state index in [1.54, 1.807) is 22.8 Å². The zero-order valence-corrected chi connectivity index (χ0v) is 22.7. The number of aromatic nitrogens is 2. The number of rotatable bonds is 7. The smallest absolute Gasteiger partial charge is 0.262 e. The zero-order chi connectivity index (χ0) is 27.1. The van der Waals surface area contributed by atoms with Crippen LogP contribution in [0.15, 0.2) is 58.5 Å². The van der Waals surface area contributed by atoms with Crippen molar-refractivity contribution in [3.05, 3.63) is 75.0 Å². The standard InChI is InChI=1S/C28H24ClN3O6S/c1-3-25(26(33)30-17-6-4-15(2)19(29)9-17)39-28-31-20-11-24-23(37-14-38-24)10-18(20)27(34)32(28)12-16-5-7-21-22(8-16)36-13-35-21/h4-11,25H,3,12-14H2,1-2H3,(H,30,33)/t25-/m1/s1. The lowest BCUT2D eigenvalue weighted by Gasteiger charge is -2.18. The number of carbonyl (C=O) groups excluding carboxylic acids is 1. The number of carbonyl (C=O) groups is 1. The van der Waals surface area contributed by atoms with Crippen LogP contribution in [-0.4, -0.2) is 34.3 Å². The first-order valence-corrected chi connectivity index (χ1v) is 13.6. The number of halogens is 1. The Bertz CT molecular complexity index is 1670. The number of hydrogen-bond acceptors (Lipinski definition) is 8. The predicted octanol–water partition coefficient (Wildman–Crippen LogP) is 5.37. The van der Waals surface area contributed by atoms with Gasteiger partial charge in [0.15, 0.2) is 28.2 Å². The molecule has 0 radical (unpaired) electrons. The third-order valence-corrected chi connectivity index (χ3v) is 8.30. The summed E-state index contributed by atoms with van der Waals surface area (Å²) in [6.45, 7) is 4.28. The molecule has 0 saturated carbocycles. The second-order valence-corrected chi connectivity index (χ2v) is 10.7. The molecule has 3 heterocycles.